The Morgan fingerprint density at radius 1 is 1.35 bits per heavy atom. The number of carbonyl (C=O) groups excluding carboxylic acids is 1. The minimum Gasteiger partial charge on any atom is -0.328 e. The third kappa shape index (κ3) is 1.99. The van der Waals surface area contributed by atoms with Crippen molar-refractivity contribution >= 4 is 16.9 Å². The molecule has 0 radical (unpaired) electrons. The standard InChI is InChI=1S/C13H18N4O3/c1-5-6-9(8(2)18)17-12(19)10-11(14-7-15(10)3)16(4)13(17)20/h7,9H,5-6H2,1-4H3. The zero-order valence-corrected chi connectivity index (χ0v) is 12.1. The number of carbonyl (C=O) groups is 1. The second-order valence-corrected chi connectivity index (χ2v) is 4.96. The van der Waals surface area contributed by atoms with Gasteiger partial charge in [-0.3, -0.25) is 14.2 Å². The SMILES string of the molecule is CCCC(C(C)=O)n1c(=O)c2c(ncn2C)n(C)c1=O. The molecule has 0 amide bonds. The first-order chi connectivity index (χ1) is 9.40. The molecule has 0 spiro atoms. The van der Waals surface area contributed by atoms with Crippen LogP contribution in [0.25, 0.3) is 11.2 Å². The van der Waals surface area contributed by atoms with E-state index in [9.17, 15) is 14.4 Å². The maximum Gasteiger partial charge on any atom is 0.333 e. The van der Waals surface area contributed by atoms with Gasteiger partial charge < -0.3 is 4.57 Å². The number of nitrogens with zero attached hydrogens (tertiary/aromatic N) is 4. The topological polar surface area (TPSA) is 78.9 Å². The highest BCUT2D eigenvalue weighted by Crippen LogP contribution is 2.12. The Morgan fingerprint density at radius 3 is 2.55 bits per heavy atom. The van der Waals surface area contributed by atoms with Gasteiger partial charge in [0, 0.05) is 14.1 Å². The lowest BCUT2D eigenvalue weighted by Crippen LogP contribution is -2.43. The van der Waals surface area contributed by atoms with E-state index in [4.69, 9.17) is 0 Å². The molecule has 0 saturated heterocycles. The molecule has 20 heavy (non-hydrogen) atoms. The second kappa shape index (κ2) is 5.07. The van der Waals surface area contributed by atoms with E-state index in [1.165, 1.54) is 17.8 Å². The van der Waals surface area contributed by atoms with Crippen molar-refractivity contribution in [3.63, 3.8) is 0 Å². The molecule has 7 nitrogen and oxygen atoms in total. The van der Waals surface area contributed by atoms with E-state index in [-0.39, 0.29) is 5.78 Å². The van der Waals surface area contributed by atoms with Crippen LogP contribution in [-0.4, -0.2) is 24.5 Å². The lowest BCUT2D eigenvalue weighted by molar-refractivity contribution is -0.120. The molecule has 1 atom stereocenters. The highest BCUT2D eigenvalue weighted by atomic mass is 16.2. The maximum atomic E-state index is 12.5. The molecule has 2 heterocycles. The van der Waals surface area contributed by atoms with E-state index in [2.05, 4.69) is 4.98 Å². The highest BCUT2D eigenvalue weighted by Gasteiger charge is 2.23. The largest absolute Gasteiger partial charge is 0.333 e. The van der Waals surface area contributed by atoms with Gasteiger partial charge in [0.1, 0.15) is 0 Å². The molecule has 0 aliphatic rings. The minimum atomic E-state index is -0.717. The molecule has 0 saturated carbocycles. The van der Waals surface area contributed by atoms with Crippen LogP contribution in [0.1, 0.15) is 32.7 Å². The normalized spacial score (nSPS) is 12.8. The molecule has 0 N–H and O–H groups in total. The Hall–Kier alpha value is -2.18. The van der Waals surface area contributed by atoms with Crippen LogP contribution in [0.5, 0.6) is 0 Å². The highest BCUT2D eigenvalue weighted by molar-refractivity contribution is 5.80. The maximum absolute atomic E-state index is 12.5. The summed E-state index contributed by atoms with van der Waals surface area (Å²) in [4.78, 5) is 40.7. The van der Waals surface area contributed by atoms with Crippen LogP contribution in [0, 0.1) is 0 Å². The number of hydrogen-bond acceptors (Lipinski definition) is 4. The van der Waals surface area contributed by atoms with Crippen LogP contribution in [0.2, 0.25) is 0 Å². The van der Waals surface area contributed by atoms with E-state index >= 15 is 0 Å². The Kier molecular flexibility index (Phi) is 3.61. The predicted octanol–water partition coefficient (Wildman–Crippen LogP) is 0.364. The first kappa shape index (κ1) is 14.2. The van der Waals surface area contributed by atoms with Crippen LogP contribution in [0.15, 0.2) is 15.9 Å². The molecular weight excluding hydrogens is 260 g/mol. The number of fused-ring (bicyclic) bond motifs is 1. The van der Waals surface area contributed by atoms with Crippen LogP contribution in [-0.2, 0) is 18.9 Å². The van der Waals surface area contributed by atoms with Crippen molar-refractivity contribution < 1.29 is 4.79 Å². The number of aromatic nitrogens is 4. The van der Waals surface area contributed by atoms with Gasteiger partial charge in [0.2, 0.25) is 0 Å². The summed E-state index contributed by atoms with van der Waals surface area (Å²) >= 11 is 0. The van der Waals surface area contributed by atoms with Crippen LogP contribution in [0.4, 0.5) is 0 Å². The number of imidazole rings is 1. The summed E-state index contributed by atoms with van der Waals surface area (Å²) in [6.07, 6.45) is 2.66. The van der Waals surface area contributed by atoms with Gasteiger partial charge in [-0.05, 0) is 13.3 Å². The number of aryl methyl sites for hydroxylation is 2. The van der Waals surface area contributed by atoms with Gasteiger partial charge in [0.25, 0.3) is 5.56 Å². The average molecular weight is 278 g/mol. The predicted molar refractivity (Wildman–Crippen MR) is 74.8 cm³/mol. The molecule has 2 aromatic heterocycles. The summed E-state index contributed by atoms with van der Waals surface area (Å²) in [6.45, 7) is 3.31. The Morgan fingerprint density at radius 2 is 2.00 bits per heavy atom. The van der Waals surface area contributed by atoms with Crippen LogP contribution < -0.4 is 11.2 Å². The zero-order chi connectivity index (χ0) is 15.0. The number of rotatable bonds is 4. The van der Waals surface area contributed by atoms with Crippen molar-refractivity contribution in [2.45, 2.75) is 32.7 Å². The fourth-order valence-corrected chi connectivity index (χ4v) is 2.43. The van der Waals surface area contributed by atoms with E-state index in [0.29, 0.717) is 24.0 Å². The Labute approximate surface area is 115 Å². The fraction of sp³-hybridized carbons (Fsp3) is 0.538. The number of hydrogen-bond donors (Lipinski definition) is 0. The Bertz CT molecular complexity index is 781. The molecule has 0 fully saturated rings. The molecule has 108 valence electrons. The third-order valence-corrected chi connectivity index (χ3v) is 3.49. The van der Waals surface area contributed by atoms with E-state index < -0.39 is 17.3 Å². The summed E-state index contributed by atoms with van der Waals surface area (Å²) in [7, 11) is 3.24. The quantitative estimate of drug-likeness (QED) is 0.809. The van der Waals surface area contributed by atoms with Gasteiger partial charge >= 0.3 is 5.69 Å². The lowest BCUT2D eigenvalue weighted by Gasteiger charge is -2.16. The first-order valence-electron chi connectivity index (χ1n) is 6.53. The minimum absolute atomic E-state index is 0.187. The van der Waals surface area contributed by atoms with Gasteiger partial charge in [-0.25, -0.2) is 14.3 Å². The fourth-order valence-electron chi connectivity index (χ4n) is 2.43. The molecule has 2 aromatic rings. The molecule has 0 bridgehead atoms. The molecule has 0 aliphatic heterocycles. The molecule has 1 unspecified atom stereocenters. The third-order valence-electron chi connectivity index (χ3n) is 3.49. The summed E-state index contributed by atoms with van der Waals surface area (Å²) in [5, 5.41) is 0. The van der Waals surface area contributed by atoms with Crippen molar-refractivity contribution in [2.24, 2.45) is 14.1 Å². The molecule has 0 aromatic carbocycles. The van der Waals surface area contributed by atoms with E-state index in [0.717, 1.165) is 4.57 Å². The van der Waals surface area contributed by atoms with E-state index in [1.807, 2.05) is 6.92 Å². The van der Waals surface area contributed by atoms with Crippen molar-refractivity contribution in [2.75, 3.05) is 0 Å². The van der Waals surface area contributed by atoms with Crippen LogP contribution in [0.3, 0.4) is 0 Å². The molecule has 7 heteroatoms. The average Bonchev–Trinajstić information content (AvgIpc) is 2.77. The van der Waals surface area contributed by atoms with Gasteiger partial charge in [0.15, 0.2) is 16.9 Å². The Balaban J connectivity index is 2.89. The summed E-state index contributed by atoms with van der Waals surface area (Å²) in [5.74, 6) is -0.187. The van der Waals surface area contributed by atoms with Gasteiger partial charge in [-0.2, -0.15) is 0 Å². The van der Waals surface area contributed by atoms with Gasteiger partial charge in [0.05, 0.1) is 12.4 Å². The van der Waals surface area contributed by atoms with E-state index in [1.54, 1.807) is 18.7 Å². The molecule has 0 aliphatic carbocycles. The monoisotopic (exact) mass is 278 g/mol. The van der Waals surface area contributed by atoms with Crippen LogP contribution >= 0.6 is 0 Å². The zero-order valence-electron chi connectivity index (χ0n) is 12.1. The summed E-state index contributed by atoms with van der Waals surface area (Å²) in [6, 6.07) is -0.717. The number of ketones is 1. The molecular formula is C13H18N4O3. The summed E-state index contributed by atoms with van der Waals surface area (Å²) in [5.41, 5.74) is -0.307. The first-order valence-corrected chi connectivity index (χ1v) is 6.53. The van der Waals surface area contributed by atoms with Gasteiger partial charge in [-0.15, -0.1) is 0 Å². The van der Waals surface area contributed by atoms with Crippen molar-refractivity contribution in [1.82, 2.24) is 18.7 Å². The smallest absolute Gasteiger partial charge is 0.328 e. The number of Topliss-reactive ketones (excluding diaryl/α,β-unsaturated/α-hetero) is 1. The second-order valence-electron chi connectivity index (χ2n) is 4.96. The molecule has 2 rings (SSSR count). The lowest BCUT2D eigenvalue weighted by atomic mass is 10.1. The van der Waals surface area contributed by atoms with Crippen molar-refractivity contribution in [3.05, 3.63) is 27.2 Å². The van der Waals surface area contributed by atoms with Crippen molar-refractivity contribution in [1.29, 1.82) is 0 Å². The van der Waals surface area contributed by atoms with Crippen molar-refractivity contribution in [3.8, 4) is 0 Å². The summed E-state index contributed by atoms with van der Waals surface area (Å²) < 4.78 is 3.93. The van der Waals surface area contributed by atoms with Gasteiger partial charge in [-0.1, -0.05) is 13.3 Å².